The smallest absolute Gasteiger partial charge is 0.334 e. The van der Waals surface area contributed by atoms with Gasteiger partial charge in [0.1, 0.15) is 6.07 Å². The average molecular weight is 280 g/mol. The Morgan fingerprint density at radius 3 is 3.00 bits per heavy atom. The first kappa shape index (κ1) is 16.1. The van der Waals surface area contributed by atoms with Gasteiger partial charge in [-0.25, -0.2) is 4.79 Å². The lowest BCUT2D eigenvalue weighted by Gasteiger charge is -2.11. The van der Waals surface area contributed by atoms with Crippen LogP contribution in [0, 0.1) is 11.3 Å². The second-order valence-electron chi connectivity index (χ2n) is 4.47. The van der Waals surface area contributed by atoms with Gasteiger partial charge in [-0.1, -0.05) is 19.8 Å². The van der Waals surface area contributed by atoms with E-state index in [0.29, 0.717) is 11.3 Å². The van der Waals surface area contributed by atoms with Crippen LogP contribution in [-0.4, -0.2) is 27.0 Å². The second-order valence-corrected chi connectivity index (χ2v) is 4.47. The molecule has 0 radical (unpaired) electrons. The number of rotatable bonds is 9. The number of carboxylic acids is 1. The Morgan fingerprint density at radius 2 is 2.40 bits per heavy atom. The minimum Gasteiger partial charge on any atom is -0.479 e. The molecule has 7 heteroatoms. The summed E-state index contributed by atoms with van der Waals surface area (Å²) in [7, 11) is 0. The Labute approximate surface area is 118 Å². The lowest BCUT2D eigenvalue weighted by atomic mass is 10.2. The molecule has 1 aromatic heterocycles. The number of nitrogens with one attached hydrogen (secondary N) is 1. The summed E-state index contributed by atoms with van der Waals surface area (Å²) in [5.74, 6) is -1.05. The van der Waals surface area contributed by atoms with Crippen molar-refractivity contribution in [2.45, 2.75) is 52.3 Å². The molecule has 0 fully saturated rings. The van der Waals surface area contributed by atoms with E-state index < -0.39 is 12.1 Å². The zero-order valence-electron chi connectivity index (χ0n) is 11.8. The normalized spacial score (nSPS) is 12.1. The number of carboxylic acid groups (broad SMARTS) is 1. The van der Waals surface area contributed by atoms with Gasteiger partial charge in [-0.2, -0.15) is 15.8 Å². The van der Waals surface area contributed by atoms with Crippen LogP contribution in [0.5, 0.6) is 0 Å². The Balaban J connectivity index is 2.60. The average Bonchev–Trinajstić information content (AvgIpc) is 2.81. The van der Waals surface area contributed by atoms with Crippen LogP contribution in [0.25, 0.3) is 0 Å². The largest absolute Gasteiger partial charge is 0.479 e. The second kappa shape index (κ2) is 8.30. The maximum Gasteiger partial charge on any atom is 0.334 e. The minimum atomic E-state index is -1.05. The summed E-state index contributed by atoms with van der Waals surface area (Å²) in [4.78, 5) is 15.6. The van der Waals surface area contributed by atoms with Crippen LogP contribution < -0.4 is 5.48 Å². The van der Waals surface area contributed by atoms with Crippen molar-refractivity contribution < 1.29 is 14.7 Å². The third-order valence-corrected chi connectivity index (χ3v) is 2.89. The molecule has 0 aliphatic rings. The SMILES string of the molecule is CCCCCn1ncc(C#N)c1CNOC(C)C(=O)O. The summed E-state index contributed by atoms with van der Waals surface area (Å²) in [6, 6.07) is 2.07. The molecule has 1 atom stereocenters. The van der Waals surface area contributed by atoms with Crippen LogP contribution in [0.15, 0.2) is 6.20 Å². The van der Waals surface area contributed by atoms with Gasteiger partial charge in [0.2, 0.25) is 0 Å². The van der Waals surface area contributed by atoms with Crippen LogP contribution >= 0.6 is 0 Å². The van der Waals surface area contributed by atoms with E-state index in [1.165, 1.54) is 13.1 Å². The zero-order valence-corrected chi connectivity index (χ0v) is 11.8. The highest BCUT2D eigenvalue weighted by Gasteiger charge is 2.14. The molecule has 0 aliphatic carbocycles. The van der Waals surface area contributed by atoms with Gasteiger partial charge in [-0.05, 0) is 13.3 Å². The number of nitriles is 1. The van der Waals surface area contributed by atoms with E-state index in [-0.39, 0.29) is 6.54 Å². The molecule has 2 N–H and O–H groups in total. The van der Waals surface area contributed by atoms with Gasteiger partial charge in [-0.15, -0.1) is 0 Å². The first-order chi connectivity index (χ1) is 9.60. The standard InChI is InChI=1S/C13H20N4O3/c1-3-4-5-6-17-12(11(7-14)8-15-17)9-16-20-10(2)13(18)19/h8,10,16H,3-6,9H2,1-2H3,(H,18,19). The van der Waals surface area contributed by atoms with E-state index >= 15 is 0 Å². The number of carbonyl (C=O) groups is 1. The van der Waals surface area contributed by atoms with E-state index in [0.717, 1.165) is 25.8 Å². The van der Waals surface area contributed by atoms with Crippen molar-refractivity contribution in [1.82, 2.24) is 15.3 Å². The van der Waals surface area contributed by atoms with Gasteiger partial charge in [0, 0.05) is 6.54 Å². The maximum atomic E-state index is 10.6. The molecule has 1 heterocycles. The predicted molar refractivity (Wildman–Crippen MR) is 71.5 cm³/mol. The van der Waals surface area contributed by atoms with E-state index in [2.05, 4.69) is 23.6 Å². The molecular weight excluding hydrogens is 260 g/mol. The Bertz CT molecular complexity index is 478. The molecule has 0 aliphatic heterocycles. The number of aliphatic carboxylic acids is 1. The molecule has 0 saturated heterocycles. The molecule has 1 unspecified atom stereocenters. The Morgan fingerprint density at radius 1 is 1.65 bits per heavy atom. The molecule has 20 heavy (non-hydrogen) atoms. The van der Waals surface area contributed by atoms with Crippen molar-refractivity contribution in [2.75, 3.05) is 0 Å². The Kier molecular flexibility index (Phi) is 6.70. The van der Waals surface area contributed by atoms with Crippen molar-refractivity contribution in [1.29, 1.82) is 5.26 Å². The maximum absolute atomic E-state index is 10.6. The van der Waals surface area contributed by atoms with Gasteiger partial charge < -0.3 is 5.11 Å². The fourth-order valence-corrected chi connectivity index (χ4v) is 1.68. The first-order valence-electron chi connectivity index (χ1n) is 6.66. The van der Waals surface area contributed by atoms with Crippen molar-refractivity contribution in [3.8, 4) is 6.07 Å². The van der Waals surface area contributed by atoms with Crippen molar-refractivity contribution >= 4 is 5.97 Å². The first-order valence-corrected chi connectivity index (χ1v) is 6.66. The molecule has 0 aromatic carbocycles. The highest BCUT2D eigenvalue weighted by atomic mass is 16.7. The lowest BCUT2D eigenvalue weighted by Crippen LogP contribution is -2.28. The molecule has 1 aromatic rings. The van der Waals surface area contributed by atoms with Crippen LogP contribution in [0.2, 0.25) is 0 Å². The van der Waals surface area contributed by atoms with Crippen LogP contribution in [0.3, 0.4) is 0 Å². The molecule has 110 valence electrons. The van der Waals surface area contributed by atoms with Crippen LogP contribution in [-0.2, 0) is 22.7 Å². The van der Waals surface area contributed by atoms with Gasteiger partial charge in [0.25, 0.3) is 0 Å². The van der Waals surface area contributed by atoms with Crippen molar-refractivity contribution in [3.63, 3.8) is 0 Å². The molecule has 7 nitrogen and oxygen atoms in total. The molecule has 0 spiro atoms. The van der Waals surface area contributed by atoms with E-state index in [1.54, 1.807) is 4.68 Å². The van der Waals surface area contributed by atoms with Gasteiger partial charge >= 0.3 is 5.97 Å². The van der Waals surface area contributed by atoms with E-state index in [1.807, 2.05) is 0 Å². The molecule has 0 bridgehead atoms. The van der Waals surface area contributed by atoms with Crippen molar-refractivity contribution in [3.05, 3.63) is 17.5 Å². The van der Waals surface area contributed by atoms with Gasteiger partial charge in [-0.3, -0.25) is 9.52 Å². The number of aryl methyl sites for hydroxylation is 1. The minimum absolute atomic E-state index is 0.243. The third kappa shape index (κ3) is 4.64. The van der Waals surface area contributed by atoms with E-state index in [9.17, 15) is 4.79 Å². The molecule has 0 saturated carbocycles. The number of aromatic nitrogens is 2. The quantitative estimate of drug-likeness (QED) is 0.524. The summed E-state index contributed by atoms with van der Waals surface area (Å²) in [6.07, 6.45) is 3.77. The Hall–Kier alpha value is -1.91. The lowest BCUT2D eigenvalue weighted by molar-refractivity contribution is -0.154. The highest BCUT2D eigenvalue weighted by Crippen LogP contribution is 2.09. The fraction of sp³-hybridized carbons (Fsp3) is 0.615. The van der Waals surface area contributed by atoms with Crippen LogP contribution in [0.1, 0.15) is 44.4 Å². The number of unbranched alkanes of at least 4 members (excludes halogenated alkanes) is 2. The predicted octanol–water partition coefficient (Wildman–Crippen LogP) is 1.44. The highest BCUT2D eigenvalue weighted by molar-refractivity contribution is 5.71. The third-order valence-electron chi connectivity index (χ3n) is 2.89. The summed E-state index contributed by atoms with van der Waals surface area (Å²) >= 11 is 0. The summed E-state index contributed by atoms with van der Waals surface area (Å²) < 4.78 is 1.76. The van der Waals surface area contributed by atoms with Gasteiger partial charge in [0.15, 0.2) is 6.10 Å². The topological polar surface area (TPSA) is 100 Å². The monoisotopic (exact) mass is 280 g/mol. The number of hydroxylamine groups is 1. The summed E-state index contributed by atoms with van der Waals surface area (Å²) in [5, 5.41) is 21.9. The molecular formula is C13H20N4O3. The fourth-order valence-electron chi connectivity index (χ4n) is 1.68. The van der Waals surface area contributed by atoms with Crippen LogP contribution in [0.4, 0.5) is 0 Å². The van der Waals surface area contributed by atoms with E-state index in [4.69, 9.17) is 15.2 Å². The zero-order chi connectivity index (χ0) is 15.0. The van der Waals surface area contributed by atoms with Gasteiger partial charge in [0.05, 0.1) is 24.0 Å². The number of nitrogens with zero attached hydrogens (tertiary/aromatic N) is 3. The number of hydrogen-bond donors (Lipinski definition) is 2. The molecule has 1 rings (SSSR count). The summed E-state index contributed by atoms with van der Waals surface area (Å²) in [5.41, 5.74) is 3.76. The van der Waals surface area contributed by atoms with Crippen molar-refractivity contribution in [2.24, 2.45) is 0 Å². The molecule has 0 amide bonds. The number of hydrogen-bond acceptors (Lipinski definition) is 5. The summed E-state index contributed by atoms with van der Waals surface area (Å²) in [6.45, 7) is 4.53.